The standard InChI is InChI=1S/C24H24N2O8S2/c1-16-15-19(33-18-7-10-20(11-8-18)35(2,29)30)9-12-22(16)36(31,32)26-14-13-17-5-3-4-6-21(17)23(26)34-24(27)25-28/h3-12,15,23,28H,13-14H2,1-2H3,(H,25,27)/t23-/m1/s1. The van der Waals surface area contributed by atoms with E-state index in [9.17, 15) is 21.6 Å². The summed E-state index contributed by atoms with van der Waals surface area (Å²) in [7, 11) is -7.47. The fourth-order valence-corrected chi connectivity index (χ4v) is 6.32. The van der Waals surface area contributed by atoms with Gasteiger partial charge in [-0.3, -0.25) is 5.21 Å². The lowest BCUT2D eigenvalue weighted by Crippen LogP contribution is -2.43. The summed E-state index contributed by atoms with van der Waals surface area (Å²) >= 11 is 0. The zero-order chi connectivity index (χ0) is 26.1. The molecule has 0 unspecified atom stereocenters. The van der Waals surface area contributed by atoms with Crippen LogP contribution < -0.4 is 10.2 Å². The van der Waals surface area contributed by atoms with E-state index in [4.69, 9.17) is 14.7 Å². The van der Waals surface area contributed by atoms with Crippen LogP contribution in [0, 0.1) is 6.92 Å². The number of hydrogen-bond donors (Lipinski definition) is 2. The summed E-state index contributed by atoms with van der Waals surface area (Å²) in [6, 6.07) is 17.3. The predicted octanol–water partition coefficient (Wildman–Crippen LogP) is 3.55. The Morgan fingerprint density at radius 2 is 1.67 bits per heavy atom. The number of hydroxylamine groups is 1. The number of carbonyl (C=O) groups is 1. The second-order valence-corrected chi connectivity index (χ2v) is 12.1. The highest BCUT2D eigenvalue weighted by molar-refractivity contribution is 7.90. The summed E-state index contributed by atoms with van der Waals surface area (Å²) in [6.45, 7) is 1.67. The smallest absolute Gasteiger partial charge is 0.432 e. The molecule has 0 radical (unpaired) electrons. The van der Waals surface area contributed by atoms with E-state index in [2.05, 4.69) is 0 Å². The van der Waals surface area contributed by atoms with Crippen LogP contribution in [0.2, 0.25) is 0 Å². The van der Waals surface area contributed by atoms with Crippen molar-refractivity contribution in [3.8, 4) is 11.5 Å². The largest absolute Gasteiger partial charge is 0.457 e. The molecule has 0 saturated heterocycles. The topological polar surface area (TPSA) is 139 Å². The third-order valence-corrected chi connectivity index (χ3v) is 8.85. The maximum atomic E-state index is 13.7. The molecule has 1 atom stereocenters. The molecule has 1 aliphatic rings. The maximum absolute atomic E-state index is 13.7. The molecule has 0 saturated carbocycles. The summed E-state index contributed by atoms with van der Waals surface area (Å²) in [4.78, 5) is 12.0. The molecule has 0 aliphatic carbocycles. The highest BCUT2D eigenvalue weighted by atomic mass is 32.2. The maximum Gasteiger partial charge on any atom is 0.432 e. The summed E-state index contributed by atoms with van der Waals surface area (Å²) in [5.74, 6) is 0.739. The lowest BCUT2D eigenvalue weighted by atomic mass is 10.00. The van der Waals surface area contributed by atoms with Crippen molar-refractivity contribution in [1.82, 2.24) is 9.79 Å². The molecule has 2 N–H and O–H groups in total. The monoisotopic (exact) mass is 532 g/mol. The minimum Gasteiger partial charge on any atom is -0.457 e. The summed E-state index contributed by atoms with van der Waals surface area (Å²) in [6.07, 6.45) is -0.923. The van der Waals surface area contributed by atoms with E-state index < -0.39 is 32.2 Å². The second kappa shape index (κ2) is 9.90. The molecule has 3 aromatic carbocycles. The van der Waals surface area contributed by atoms with Gasteiger partial charge in [-0.2, -0.15) is 4.31 Å². The lowest BCUT2D eigenvalue weighted by Gasteiger charge is -2.35. The number of carbonyl (C=O) groups excluding carboxylic acids is 1. The molecule has 0 aromatic heterocycles. The molecule has 36 heavy (non-hydrogen) atoms. The van der Waals surface area contributed by atoms with Crippen molar-refractivity contribution in [1.29, 1.82) is 0 Å². The van der Waals surface area contributed by atoms with Gasteiger partial charge >= 0.3 is 6.09 Å². The summed E-state index contributed by atoms with van der Waals surface area (Å²) < 4.78 is 62.7. The number of ether oxygens (including phenoxy) is 2. The van der Waals surface area contributed by atoms with Crippen LogP contribution in [-0.4, -0.2) is 45.2 Å². The zero-order valence-corrected chi connectivity index (χ0v) is 21.0. The molecule has 1 aliphatic heterocycles. The van der Waals surface area contributed by atoms with Crippen LogP contribution in [0.15, 0.2) is 76.5 Å². The Morgan fingerprint density at radius 3 is 2.31 bits per heavy atom. The minimum atomic E-state index is -4.13. The van der Waals surface area contributed by atoms with Crippen LogP contribution >= 0.6 is 0 Å². The van der Waals surface area contributed by atoms with E-state index in [1.165, 1.54) is 41.9 Å². The van der Waals surface area contributed by atoms with Crippen molar-refractivity contribution in [2.75, 3.05) is 12.8 Å². The predicted molar refractivity (Wildman–Crippen MR) is 129 cm³/mol. The minimum absolute atomic E-state index is 0.000313. The lowest BCUT2D eigenvalue weighted by molar-refractivity contribution is 0.00235. The first-order chi connectivity index (χ1) is 17.0. The molecule has 0 spiro atoms. The van der Waals surface area contributed by atoms with E-state index >= 15 is 0 Å². The molecule has 0 bridgehead atoms. The van der Waals surface area contributed by atoms with Crippen molar-refractivity contribution in [3.05, 3.63) is 83.4 Å². The first kappa shape index (κ1) is 25.6. The van der Waals surface area contributed by atoms with Crippen molar-refractivity contribution in [3.63, 3.8) is 0 Å². The van der Waals surface area contributed by atoms with Crippen LogP contribution in [0.5, 0.6) is 11.5 Å². The third-order valence-electron chi connectivity index (χ3n) is 5.71. The van der Waals surface area contributed by atoms with Gasteiger partial charge in [0.1, 0.15) is 11.5 Å². The van der Waals surface area contributed by atoms with Crippen LogP contribution in [-0.2, 0) is 31.0 Å². The number of sulfonamides is 1. The average molecular weight is 533 g/mol. The fraction of sp³-hybridized carbons (Fsp3) is 0.208. The van der Waals surface area contributed by atoms with Gasteiger partial charge in [0.05, 0.1) is 9.79 Å². The number of fused-ring (bicyclic) bond motifs is 1. The average Bonchev–Trinajstić information content (AvgIpc) is 2.83. The van der Waals surface area contributed by atoms with Crippen molar-refractivity contribution in [2.45, 2.75) is 29.4 Å². The number of amides is 1. The number of rotatable bonds is 6. The van der Waals surface area contributed by atoms with E-state index in [0.29, 0.717) is 29.0 Å². The number of sulfone groups is 1. The Morgan fingerprint density at radius 1 is 1.00 bits per heavy atom. The third kappa shape index (κ3) is 5.21. The SMILES string of the molecule is Cc1cc(Oc2ccc(S(C)(=O)=O)cc2)ccc1S(=O)(=O)N1CCc2ccccc2[C@H]1OC(=O)NO. The van der Waals surface area contributed by atoms with E-state index in [1.54, 1.807) is 25.1 Å². The van der Waals surface area contributed by atoms with Crippen molar-refractivity contribution < 1.29 is 36.3 Å². The van der Waals surface area contributed by atoms with Gasteiger partial charge in [-0.15, -0.1) is 0 Å². The van der Waals surface area contributed by atoms with E-state index in [-0.39, 0.29) is 16.3 Å². The molecule has 12 heteroatoms. The fourth-order valence-electron chi connectivity index (χ4n) is 3.99. The van der Waals surface area contributed by atoms with Gasteiger partial charge in [0, 0.05) is 18.4 Å². The normalized spacial score (nSPS) is 16.1. The van der Waals surface area contributed by atoms with Crippen LogP contribution in [0.1, 0.15) is 22.9 Å². The number of aryl methyl sites for hydroxylation is 1. The number of nitrogens with zero attached hydrogens (tertiary/aromatic N) is 1. The molecule has 4 rings (SSSR count). The molecule has 10 nitrogen and oxygen atoms in total. The van der Waals surface area contributed by atoms with Gasteiger partial charge in [-0.25, -0.2) is 27.1 Å². The molecular weight excluding hydrogens is 508 g/mol. The van der Waals surface area contributed by atoms with Crippen LogP contribution in [0.25, 0.3) is 0 Å². The second-order valence-electron chi connectivity index (χ2n) is 8.21. The van der Waals surface area contributed by atoms with Gasteiger partial charge in [0.15, 0.2) is 16.1 Å². The molecular formula is C24H24N2O8S2. The first-order valence-electron chi connectivity index (χ1n) is 10.8. The molecule has 1 amide bonds. The Labute approximate surface area is 209 Å². The van der Waals surface area contributed by atoms with Crippen molar-refractivity contribution >= 4 is 26.0 Å². The van der Waals surface area contributed by atoms with Crippen molar-refractivity contribution in [2.24, 2.45) is 0 Å². The Hall–Kier alpha value is -3.45. The number of benzene rings is 3. The summed E-state index contributed by atoms with van der Waals surface area (Å²) in [5, 5.41) is 8.93. The van der Waals surface area contributed by atoms with E-state index in [0.717, 1.165) is 16.1 Å². The molecule has 190 valence electrons. The van der Waals surface area contributed by atoms with Gasteiger partial charge in [-0.05, 0) is 66.9 Å². The first-order valence-corrected chi connectivity index (χ1v) is 14.1. The van der Waals surface area contributed by atoms with Crippen LogP contribution in [0.3, 0.4) is 0 Å². The van der Waals surface area contributed by atoms with Gasteiger partial charge in [0.2, 0.25) is 10.0 Å². The number of hydrogen-bond acceptors (Lipinski definition) is 8. The summed E-state index contributed by atoms with van der Waals surface area (Å²) in [5.41, 5.74) is 3.11. The van der Waals surface area contributed by atoms with Crippen LogP contribution in [0.4, 0.5) is 4.79 Å². The van der Waals surface area contributed by atoms with Gasteiger partial charge in [-0.1, -0.05) is 24.3 Å². The highest BCUT2D eigenvalue weighted by Gasteiger charge is 2.39. The Kier molecular flexibility index (Phi) is 7.05. The zero-order valence-electron chi connectivity index (χ0n) is 19.4. The quantitative estimate of drug-likeness (QED) is 0.363. The highest BCUT2D eigenvalue weighted by Crippen LogP contribution is 2.36. The molecule has 1 heterocycles. The Balaban J connectivity index is 1.62. The van der Waals surface area contributed by atoms with E-state index in [1.807, 2.05) is 12.1 Å². The Bertz CT molecular complexity index is 1500. The molecule has 3 aromatic rings. The van der Waals surface area contributed by atoms with Gasteiger partial charge < -0.3 is 9.47 Å². The number of nitrogens with one attached hydrogen (secondary N) is 1. The molecule has 0 fully saturated rings. The van der Waals surface area contributed by atoms with Gasteiger partial charge in [0.25, 0.3) is 0 Å².